The summed E-state index contributed by atoms with van der Waals surface area (Å²) in [7, 11) is -2.07. The fraction of sp³-hybridized carbons (Fsp3) is 0.222. The monoisotopic (exact) mass is 228 g/mol. The Bertz CT molecular complexity index is 451. The first-order valence-electron chi connectivity index (χ1n) is 4.26. The minimum atomic E-state index is -3.41. The van der Waals surface area contributed by atoms with Gasteiger partial charge in [-0.2, -0.15) is 0 Å². The molecule has 0 aliphatic heterocycles. The van der Waals surface area contributed by atoms with E-state index in [0.717, 1.165) is 0 Å². The van der Waals surface area contributed by atoms with Gasteiger partial charge in [0.1, 0.15) is 0 Å². The van der Waals surface area contributed by atoms with Crippen molar-refractivity contribution in [2.24, 2.45) is 5.73 Å². The second kappa shape index (κ2) is 4.41. The molecule has 0 aliphatic carbocycles. The number of amides is 1. The zero-order valence-electron chi connectivity index (χ0n) is 8.23. The number of rotatable bonds is 4. The van der Waals surface area contributed by atoms with Crippen molar-refractivity contribution >= 4 is 15.9 Å². The lowest BCUT2D eigenvalue weighted by Crippen LogP contribution is -2.18. The fourth-order valence-corrected chi connectivity index (χ4v) is 1.84. The second-order valence-corrected chi connectivity index (χ2v) is 4.88. The van der Waals surface area contributed by atoms with Crippen LogP contribution in [0.15, 0.2) is 29.2 Å². The summed E-state index contributed by atoms with van der Waals surface area (Å²) in [5, 5.41) is 0. The zero-order chi connectivity index (χ0) is 11.5. The highest BCUT2D eigenvalue weighted by molar-refractivity contribution is 7.89. The molecule has 1 rings (SSSR count). The van der Waals surface area contributed by atoms with Crippen LogP contribution in [0.4, 0.5) is 0 Å². The Hall–Kier alpha value is -1.40. The molecule has 0 heterocycles. The summed E-state index contributed by atoms with van der Waals surface area (Å²) in [6, 6.07) is 6.00. The largest absolute Gasteiger partial charge is 0.369 e. The first-order valence-corrected chi connectivity index (χ1v) is 5.75. The van der Waals surface area contributed by atoms with Crippen molar-refractivity contribution in [1.82, 2.24) is 4.72 Å². The molecule has 0 spiro atoms. The summed E-state index contributed by atoms with van der Waals surface area (Å²) in [6.07, 6.45) is 0.111. The van der Waals surface area contributed by atoms with Gasteiger partial charge in [0.05, 0.1) is 11.3 Å². The van der Waals surface area contributed by atoms with Crippen LogP contribution in [0.5, 0.6) is 0 Å². The van der Waals surface area contributed by atoms with Crippen LogP contribution in [0.2, 0.25) is 0 Å². The van der Waals surface area contributed by atoms with Gasteiger partial charge in [0, 0.05) is 0 Å². The zero-order valence-corrected chi connectivity index (χ0v) is 9.04. The molecule has 1 amide bonds. The molecule has 6 heteroatoms. The molecule has 1 aromatic rings. The maximum Gasteiger partial charge on any atom is 0.240 e. The average Bonchev–Trinajstić information content (AvgIpc) is 2.18. The van der Waals surface area contributed by atoms with Crippen LogP contribution in [-0.2, 0) is 21.2 Å². The van der Waals surface area contributed by atoms with Gasteiger partial charge in [0.15, 0.2) is 0 Å². The van der Waals surface area contributed by atoms with E-state index in [0.29, 0.717) is 5.56 Å². The van der Waals surface area contributed by atoms with E-state index in [-0.39, 0.29) is 11.3 Å². The van der Waals surface area contributed by atoms with Crippen LogP contribution < -0.4 is 10.5 Å². The maximum absolute atomic E-state index is 11.3. The van der Waals surface area contributed by atoms with Crippen molar-refractivity contribution in [3.05, 3.63) is 29.8 Å². The molecule has 1 aromatic carbocycles. The van der Waals surface area contributed by atoms with Gasteiger partial charge in [-0.1, -0.05) is 12.1 Å². The molecular formula is C9H12N2O3S. The first kappa shape index (κ1) is 11.7. The van der Waals surface area contributed by atoms with Crippen molar-refractivity contribution in [3.8, 4) is 0 Å². The highest BCUT2D eigenvalue weighted by atomic mass is 32.2. The van der Waals surface area contributed by atoms with Crippen LogP contribution in [0.1, 0.15) is 5.56 Å². The lowest BCUT2D eigenvalue weighted by atomic mass is 10.1. The number of sulfonamides is 1. The molecule has 0 aromatic heterocycles. The molecule has 0 saturated heterocycles. The third kappa shape index (κ3) is 3.03. The lowest BCUT2D eigenvalue weighted by Gasteiger charge is -2.03. The normalized spacial score (nSPS) is 11.3. The van der Waals surface area contributed by atoms with Crippen LogP contribution in [0.25, 0.3) is 0 Å². The van der Waals surface area contributed by atoms with E-state index in [1.807, 2.05) is 0 Å². The van der Waals surface area contributed by atoms with E-state index in [9.17, 15) is 13.2 Å². The summed E-state index contributed by atoms with van der Waals surface area (Å²) < 4.78 is 24.9. The minimum absolute atomic E-state index is 0.111. The highest BCUT2D eigenvalue weighted by Gasteiger charge is 2.10. The van der Waals surface area contributed by atoms with Crippen LogP contribution in [0.3, 0.4) is 0 Å². The summed E-state index contributed by atoms with van der Waals surface area (Å²) in [4.78, 5) is 10.8. The van der Waals surface area contributed by atoms with Crippen molar-refractivity contribution in [3.63, 3.8) is 0 Å². The Morgan fingerprint density at radius 2 is 1.87 bits per heavy atom. The van der Waals surface area contributed by atoms with Gasteiger partial charge in [0.2, 0.25) is 15.9 Å². The summed E-state index contributed by atoms with van der Waals surface area (Å²) >= 11 is 0. The Balaban J connectivity index is 2.95. The molecule has 0 atom stereocenters. The molecule has 0 bridgehead atoms. The Labute approximate surface area is 88.3 Å². The predicted molar refractivity (Wildman–Crippen MR) is 55.6 cm³/mol. The van der Waals surface area contributed by atoms with Gasteiger partial charge in [-0.25, -0.2) is 13.1 Å². The topological polar surface area (TPSA) is 89.3 Å². The Kier molecular flexibility index (Phi) is 3.43. The molecule has 3 N–H and O–H groups in total. The molecule has 0 fully saturated rings. The first-order chi connectivity index (χ1) is 6.95. The second-order valence-electron chi connectivity index (χ2n) is 2.99. The smallest absolute Gasteiger partial charge is 0.240 e. The fourth-order valence-electron chi connectivity index (χ4n) is 1.11. The van der Waals surface area contributed by atoms with Crippen molar-refractivity contribution in [2.75, 3.05) is 7.05 Å². The van der Waals surface area contributed by atoms with Crippen molar-refractivity contribution < 1.29 is 13.2 Å². The third-order valence-electron chi connectivity index (χ3n) is 1.88. The maximum atomic E-state index is 11.3. The molecule has 82 valence electrons. The summed E-state index contributed by atoms with van der Waals surface area (Å²) in [6.45, 7) is 0. The predicted octanol–water partition coefficient (Wildman–Crippen LogP) is -0.378. The quantitative estimate of drug-likeness (QED) is 0.736. The number of hydrogen-bond donors (Lipinski definition) is 2. The third-order valence-corrected chi connectivity index (χ3v) is 3.31. The number of benzene rings is 1. The Morgan fingerprint density at radius 3 is 2.27 bits per heavy atom. The van der Waals surface area contributed by atoms with Gasteiger partial charge in [-0.05, 0) is 24.7 Å². The Morgan fingerprint density at radius 1 is 1.33 bits per heavy atom. The van der Waals surface area contributed by atoms with Crippen molar-refractivity contribution in [2.45, 2.75) is 11.3 Å². The average molecular weight is 228 g/mol. The molecule has 0 unspecified atom stereocenters. The summed E-state index contributed by atoms with van der Waals surface area (Å²) in [5.74, 6) is -0.445. The molecule has 0 saturated carbocycles. The number of nitrogens with two attached hydrogens (primary N) is 1. The van der Waals surface area contributed by atoms with Gasteiger partial charge < -0.3 is 5.73 Å². The standard InChI is InChI=1S/C9H12N2O3S/c1-11-15(13,14)8-4-2-7(3-5-8)6-9(10)12/h2-5,11H,6H2,1H3,(H2,10,12). The number of nitrogens with one attached hydrogen (secondary N) is 1. The van der Waals surface area contributed by atoms with E-state index in [4.69, 9.17) is 5.73 Å². The van der Waals surface area contributed by atoms with E-state index in [1.54, 1.807) is 12.1 Å². The van der Waals surface area contributed by atoms with Crippen LogP contribution >= 0.6 is 0 Å². The van der Waals surface area contributed by atoms with Crippen LogP contribution in [-0.4, -0.2) is 21.4 Å². The van der Waals surface area contributed by atoms with Gasteiger partial charge in [-0.15, -0.1) is 0 Å². The van der Waals surface area contributed by atoms with E-state index in [2.05, 4.69) is 4.72 Å². The van der Waals surface area contributed by atoms with Gasteiger partial charge >= 0.3 is 0 Å². The van der Waals surface area contributed by atoms with Gasteiger partial charge in [-0.3, -0.25) is 4.79 Å². The number of hydrogen-bond acceptors (Lipinski definition) is 3. The van der Waals surface area contributed by atoms with Crippen LogP contribution in [0, 0.1) is 0 Å². The van der Waals surface area contributed by atoms with E-state index in [1.165, 1.54) is 19.2 Å². The minimum Gasteiger partial charge on any atom is -0.369 e. The van der Waals surface area contributed by atoms with E-state index >= 15 is 0 Å². The number of carbonyl (C=O) groups excluding carboxylic acids is 1. The highest BCUT2D eigenvalue weighted by Crippen LogP contribution is 2.10. The molecule has 5 nitrogen and oxygen atoms in total. The van der Waals surface area contributed by atoms with Gasteiger partial charge in [0.25, 0.3) is 0 Å². The molecule has 0 radical (unpaired) electrons. The van der Waals surface area contributed by atoms with Crippen molar-refractivity contribution in [1.29, 1.82) is 0 Å². The SMILES string of the molecule is CNS(=O)(=O)c1ccc(CC(N)=O)cc1. The number of primary amides is 1. The molecule has 0 aliphatic rings. The lowest BCUT2D eigenvalue weighted by molar-refractivity contribution is -0.117. The molecule has 15 heavy (non-hydrogen) atoms. The number of carbonyl (C=O) groups is 1. The summed E-state index contributed by atoms with van der Waals surface area (Å²) in [5.41, 5.74) is 5.70. The van der Waals surface area contributed by atoms with E-state index < -0.39 is 15.9 Å². The molecular weight excluding hydrogens is 216 g/mol.